The van der Waals surface area contributed by atoms with E-state index in [2.05, 4.69) is 5.32 Å². The molecule has 0 radical (unpaired) electrons. The van der Waals surface area contributed by atoms with Crippen molar-refractivity contribution < 1.29 is 27.5 Å². The fourth-order valence-corrected chi connectivity index (χ4v) is 2.69. The topological polar surface area (TPSA) is 125 Å². The first-order valence-electron chi connectivity index (χ1n) is 8.07. The molecule has 0 spiro atoms. The number of ether oxygens (including phenoxy) is 2. The third kappa shape index (κ3) is 5.53. The van der Waals surface area contributed by atoms with E-state index >= 15 is 0 Å². The van der Waals surface area contributed by atoms with Gasteiger partial charge in [0.25, 0.3) is 5.91 Å². The van der Waals surface area contributed by atoms with E-state index in [1.165, 1.54) is 30.3 Å². The second kappa shape index (κ2) is 8.65. The van der Waals surface area contributed by atoms with Gasteiger partial charge in [0.1, 0.15) is 6.29 Å². The van der Waals surface area contributed by atoms with Gasteiger partial charge in [0, 0.05) is 11.3 Å². The first-order chi connectivity index (χ1) is 12.7. The van der Waals surface area contributed by atoms with Gasteiger partial charge in [-0.3, -0.25) is 9.59 Å². The van der Waals surface area contributed by atoms with E-state index in [9.17, 15) is 18.0 Å². The lowest BCUT2D eigenvalue weighted by Gasteiger charge is -2.17. The maximum absolute atomic E-state index is 12.3. The second-order valence-electron chi connectivity index (χ2n) is 5.58. The number of hydrogen-bond acceptors (Lipinski definition) is 6. The van der Waals surface area contributed by atoms with Crippen LogP contribution in [0.4, 0.5) is 5.69 Å². The van der Waals surface area contributed by atoms with E-state index in [0.29, 0.717) is 35.6 Å². The van der Waals surface area contributed by atoms with Crippen molar-refractivity contribution >= 4 is 27.9 Å². The lowest BCUT2D eigenvalue weighted by molar-refractivity contribution is -0.122. The highest BCUT2D eigenvalue weighted by Gasteiger charge is 2.18. The van der Waals surface area contributed by atoms with Crippen LogP contribution in [0.2, 0.25) is 0 Å². The zero-order valence-electron chi connectivity index (χ0n) is 14.8. The summed E-state index contributed by atoms with van der Waals surface area (Å²) in [7, 11) is -3.80. The van der Waals surface area contributed by atoms with E-state index in [1.54, 1.807) is 26.0 Å². The fraction of sp³-hybridized carbons (Fsp3) is 0.222. The second-order valence-corrected chi connectivity index (χ2v) is 7.14. The molecule has 0 saturated carbocycles. The fourth-order valence-electron chi connectivity index (χ4n) is 2.18. The molecule has 27 heavy (non-hydrogen) atoms. The smallest absolute Gasteiger partial charge is 0.265 e. The number of anilines is 1. The molecule has 0 aliphatic heterocycles. The summed E-state index contributed by atoms with van der Waals surface area (Å²) >= 11 is 0. The molecule has 1 atom stereocenters. The molecule has 2 aromatic rings. The number of rotatable bonds is 8. The number of aldehydes is 1. The van der Waals surface area contributed by atoms with Crippen molar-refractivity contribution in [1.82, 2.24) is 0 Å². The summed E-state index contributed by atoms with van der Waals surface area (Å²) in [4.78, 5) is 23.1. The summed E-state index contributed by atoms with van der Waals surface area (Å²) in [6, 6.07) is 10.1. The first kappa shape index (κ1) is 20.4. The summed E-state index contributed by atoms with van der Waals surface area (Å²) in [6.07, 6.45) is -0.183. The average molecular weight is 392 g/mol. The third-order valence-corrected chi connectivity index (χ3v) is 4.46. The van der Waals surface area contributed by atoms with Gasteiger partial charge in [0.05, 0.1) is 11.5 Å². The maximum atomic E-state index is 12.3. The predicted octanol–water partition coefficient (Wildman–Crippen LogP) is 1.95. The molecule has 0 aliphatic rings. The maximum Gasteiger partial charge on any atom is 0.265 e. The number of sulfonamides is 1. The highest BCUT2D eigenvalue weighted by Crippen LogP contribution is 2.29. The van der Waals surface area contributed by atoms with E-state index in [0.717, 1.165) is 0 Å². The Morgan fingerprint density at radius 1 is 1.19 bits per heavy atom. The average Bonchev–Trinajstić information content (AvgIpc) is 2.63. The van der Waals surface area contributed by atoms with Crippen LogP contribution in [0.1, 0.15) is 24.2 Å². The molecule has 0 unspecified atom stereocenters. The minimum absolute atomic E-state index is 0.0542. The van der Waals surface area contributed by atoms with Crippen molar-refractivity contribution in [2.24, 2.45) is 5.14 Å². The lowest BCUT2D eigenvalue weighted by atomic mass is 10.2. The van der Waals surface area contributed by atoms with Gasteiger partial charge < -0.3 is 14.8 Å². The summed E-state index contributed by atoms with van der Waals surface area (Å²) in [5.41, 5.74) is 0.821. The molecule has 3 N–H and O–H groups in total. The Morgan fingerprint density at radius 2 is 1.85 bits per heavy atom. The number of nitrogens with one attached hydrogen (secondary N) is 1. The van der Waals surface area contributed by atoms with Crippen LogP contribution in [0.5, 0.6) is 11.5 Å². The van der Waals surface area contributed by atoms with Gasteiger partial charge >= 0.3 is 0 Å². The molecule has 2 aromatic carbocycles. The highest BCUT2D eigenvalue weighted by atomic mass is 32.2. The number of carbonyl (C=O) groups excluding carboxylic acids is 2. The molecular weight excluding hydrogens is 372 g/mol. The number of amides is 1. The Bertz CT molecular complexity index is 925. The van der Waals surface area contributed by atoms with E-state index < -0.39 is 22.0 Å². The Balaban J connectivity index is 2.08. The Labute approximate surface area is 157 Å². The number of benzene rings is 2. The minimum Gasteiger partial charge on any atom is -0.490 e. The molecule has 0 heterocycles. The lowest BCUT2D eigenvalue weighted by Crippen LogP contribution is -2.30. The molecule has 0 aromatic heterocycles. The van der Waals surface area contributed by atoms with Crippen molar-refractivity contribution in [3.63, 3.8) is 0 Å². The molecule has 0 saturated heterocycles. The molecule has 0 aliphatic carbocycles. The van der Waals surface area contributed by atoms with E-state index in [-0.39, 0.29) is 4.90 Å². The molecule has 9 heteroatoms. The Morgan fingerprint density at radius 3 is 2.41 bits per heavy atom. The zero-order valence-corrected chi connectivity index (χ0v) is 15.7. The first-order valence-corrected chi connectivity index (χ1v) is 9.61. The Kier molecular flexibility index (Phi) is 6.54. The van der Waals surface area contributed by atoms with Gasteiger partial charge in [0.2, 0.25) is 10.0 Å². The van der Waals surface area contributed by atoms with Crippen molar-refractivity contribution in [3.8, 4) is 11.5 Å². The molecule has 144 valence electrons. The number of hydrogen-bond donors (Lipinski definition) is 2. The van der Waals surface area contributed by atoms with Crippen LogP contribution in [-0.4, -0.2) is 33.3 Å². The largest absolute Gasteiger partial charge is 0.490 e. The summed E-state index contributed by atoms with van der Waals surface area (Å²) in [6.45, 7) is 3.71. The van der Waals surface area contributed by atoms with Crippen molar-refractivity contribution in [2.45, 2.75) is 24.8 Å². The number of primary sulfonamides is 1. The molecular formula is C18H20N2O6S. The van der Waals surface area contributed by atoms with Gasteiger partial charge in [-0.15, -0.1) is 0 Å². The van der Waals surface area contributed by atoms with Gasteiger partial charge in [-0.2, -0.15) is 0 Å². The SMILES string of the molecule is CCOc1cc(C=O)ccc1O[C@@H](C)C(=O)Nc1ccc(S(N)(=O)=O)cc1. The minimum atomic E-state index is -3.80. The molecule has 2 rings (SSSR count). The van der Waals surface area contributed by atoms with Crippen molar-refractivity contribution in [3.05, 3.63) is 48.0 Å². The van der Waals surface area contributed by atoms with Gasteiger partial charge in [-0.05, 0) is 56.3 Å². The monoisotopic (exact) mass is 392 g/mol. The summed E-state index contributed by atoms with van der Waals surface area (Å²) in [5, 5.41) is 7.65. The molecule has 8 nitrogen and oxygen atoms in total. The normalized spacial score (nSPS) is 12.1. The van der Waals surface area contributed by atoms with Crippen LogP contribution in [0, 0.1) is 0 Å². The standard InChI is InChI=1S/C18H20N2O6S/c1-3-25-17-10-13(11-21)4-9-16(17)26-12(2)18(22)20-14-5-7-15(8-6-14)27(19,23)24/h4-12H,3H2,1-2H3,(H,20,22)(H2,19,23,24)/t12-/m0/s1. The van der Waals surface area contributed by atoms with Crippen molar-refractivity contribution in [1.29, 1.82) is 0 Å². The predicted molar refractivity (Wildman–Crippen MR) is 99.5 cm³/mol. The van der Waals surface area contributed by atoms with E-state index in [1.807, 2.05) is 0 Å². The summed E-state index contributed by atoms with van der Waals surface area (Å²) in [5.74, 6) is 0.245. The van der Waals surface area contributed by atoms with Crippen LogP contribution in [-0.2, 0) is 14.8 Å². The Hall–Kier alpha value is -2.91. The molecule has 1 amide bonds. The van der Waals surface area contributed by atoms with Crippen LogP contribution < -0.4 is 19.9 Å². The van der Waals surface area contributed by atoms with Gasteiger partial charge in [0.15, 0.2) is 17.6 Å². The van der Waals surface area contributed by atoms with Crippen LogP contribution in [0.25, 0.3) is 0 Å². The summed E-state index contributed by atoms with van der Waals surface area (Å²) < 4.78 is 33.6. The highest BCUT2D eigenvalue weighted by molar-refractivity contribution is 7.89. The molecule has 0 bridgehead atoms. The van der Waals surface area contributed by atoms with Gasteiger partial charge in [-0.25, -0.2) is 13.6 Å². The number of nitrogens with two attached hydrogens (primary N) is 1. The van der Waals surface area contributed by atoms with Gasteiger partial charge in [-0.1, -0.05) is 0 Å². The quantitative estimate of drug-likeness (QED) is 0.662. The zero-order chi connectivity index (χ0) is 20.0. The van der Waals surface area contributed by atoms with Crippen LogP contribution in [0.3, 0.4) is 0 Å². The van der Waals surface area contributed by atoms with Crippen LogP contribution >= 0.6 is 0 Å². The van der Waals surface area contributed by atoms with E-state index in [4.69, 9.17) is 14.6 Å². The number of carbonyl (C=O) groups is 2. The van der Waals surface area contributed by atoms with Crippen molar-refractivity contribution in [2.75, 3.05) is 11.9 Å². The third-order valence-electron chi connectivity index (χ3n) is 3.53. The molecule has 0 fully saturated rings. The van der Waals surface area contributed by atoms with Crippen LogP contribution in [0.15, 0.2) is 47.4 Å².